The molecule has 0 aliphatic carbocycles. The maximum Gasteiger partial charge on any atom is 0.123 e. The number of H-pyrrole nitrogens is 1. The summed E-state index contributed by atoms with van der Waals surface area (Å²) in [6.07, 6.45) is 5.67. The molecule has 1 N–H and O–H groups in total. The van der Waals surface area contributed by atoms with Crippen LogP contribution in [0, 0.1) is 11.8 Å². The van der Waals surface area contributed by atoms with E-state index in [1.54, 1.807) is 14.2 Å². The van der Waals surface area contributed by atoms with Gasteiger partial charge in [-0.15, -0.1) is 0 Å². The summed E-state index contributed by atoms with van der Waals surface area (Å²) in [5.41, 5.74) is 8.30. The molecule has 6 heteroatoms. The van der Waals surface area contributed by atoms with E-state index in [1.165, 1.54) is 5.39 Å². The number of methoxy groups -OCH3 is 2. The Balaban J connectivity index is 1.58. The fourth-order valence-electron chi connectivity index (χ4n) is 4.88. The molecule has 0 saturated carbocycles. The molecule has 0 bridgehead atoms. The summed E-state index contributed by atoms with van der Waals surface area (Å²) in [5, 5.41) is 2.29. The summed E-state index contributed by atoms with van der Waals surface area (Å²) < 4.78 is 15.1. The highest BCUT2D eigenvalue weighted by molar-refractivity contribution is 5.97. The zero-order chi connectivity index (χ0) is 25.5. The van der Waals surface area contributed by atoms with Crippen LogP contribution in [0.5, 0.6) is 11.5 Å². The van der Waals surface area contributed by atoms with Gasteiger partial charge in [-0.3, -0.25) is 0 Å². The minimum atomic E-state index is 0.704. The summed E-state index contributed by atoms with van der Waals surface area (Å²) in [4.78, 5) is 7.68. The Morgan fingerprint density at radius 3 is 2.32 bits per heavy atom. The third-order valence-corrected chi connectivity index (χ3v) is 6.83. The SMILES string of the molecule is COc1cc(C#Cc2c(-c3cncn3C)n(C)c3ccc(-c4ccc5cc[nH]c5c4)cc23)cc(OC)c1. The summed E-state index contributed by atoms with van der Waals surface area (Å²) in [6.45, 7) is 0. The van der Waals surface area contributed by atoms with Gasteiger partial charge in [-0.05, 0) is 52.9 Å². The number of nitrogens with one attached hydrogen (secondary N) is 1. The highest BCUT2D eigenvalue weighted by atomic mass is 16.5. The molecule has 0 fully saturated rings. The molecule has 0 unspecified atom stereocenters. The van der Waals surface area contributed by atoms with E-state index in [-0.39, 0.29) is 0 Å². The third-order valence-electron chi connectivity index (χ3n) is 6.83. The Labute approximate surface area is 215 Å². The van der Waals surface area contributed by atoms with E-state index in [0.29, 0.717) is 11.5 Å². The van der Waals surface area contributed by atoms with E-state index in [2.05, 4.69) is 75.9 Å². The fraction of sp³-hybridized carbons (Fsp3) is 0.129. The Bertz CT molecular complexity index is 1820. The molecule has 0 atom stereocenters. The van der Waals surface area contributed by atoms with Crippen molar-refractivity contribution in [2.24, 2.45) is 14.1 Å². The topological polar surface area (TPSA) is 57.0 Å². The predicted molar refractivity (Wildman–Crippen MR) is 148 cm³/mol. The molecule has 0 spiro atoms. The monoisotopic (exact) mass is 486 g/mol. The number of benzene rings is 3. The van der Waals surface area contributed by atoms with Gasteiger partial charge < -0.3 is 23.6 Å². The lowest BCUT2D eigenvalue weighted by Gasteiger charge is -2.06. The van der Waals surface area contributed by atoms with E-state index < -0.39 is 0 Å². The largest absolute Gasteiger partial charge is 0.497 e. The van der Waals surface area contributed by atoms with Gasteiger partial charge in [-0.1, -0.05) is 30.0 Å². The van der Waals surface area contributed by atoms with Crippen LogP contribution in [0.1, 0.15) is 11.1 Å². The van der Waals surface area contributed by atoms with E-state index in [4.69, 9.17) is 9.47 Å². The molecule has 6 rings (SSSR count). The first kappa shape index (κ1) is 22.6. The number of imidazole rings is 1. The molecule has 3 aromatic heterocycles. The zero-order valence-electron chi connectivity index (χ0n) is 21.2. The second kappa shape index (κ2) is 8.96. The molecule has 6 aromatic rings. The Hall–Kier alpha value is -4.89. The van der Waals surface area contributed by atoms with Gasteiger partial charge in [0.1, 0.15) is 11.5 Å². The number of fused-ring (bicyclic) bond motifs is 2. The van der Waals surface area contributed by atoms with Crippen molar-refractivity contribution in [2.45, 2.75) is 0 Å². The van der Waals surface area contributed by atoms with Crippen LogP contribution in [0.3, 0.4) is 0 Å². The van der Waals surface area contributed by atoms with Gasteiger partial charge in [0, 0.05) is 48.3 Å². The highest BCUT2D eigenvalue weighted by Crippen LogP contribution is 2.35. The maximum absolute atomic E-state index is 5.45. The molecule has 0 aliphatic rings. The molecule has 0 saturated heterocycles. The number of hydrogen-bond donors (Lipinski definition) is 1. The summed E-state index contributed by atoms with van der Waals surface area (Å²) >= 11 is 0. The van der Waals surface area contributed by atoms with E-state index in [0.717, 1.165) is 50.1 Å². The van der Waals surface area contributed by atoms with Crippen molar-refractivity contribution in [3.05, 3.63) is 90.5 Å². The van der Waals surface area contributed by atoms with Crippen LogP contribution in [0.15, 0.2) is 79.4 Å². The first-order valence-electron chi connectivity index (χ1n) is 12.0. The first-order chi connectivity index (χ1) is 18.1. The van der Waals surface area contributed by atoms with Crippen LogP contribution >= 0.6 is 0 Å². The van der Waals surface area contributed by atoms with Crippen molar-refractivity contribution in [3.8, 4) is 45.9 Å². The average molecular weight is 487 g/mol. The van der Waals surface area contributed by atoms with Crippen LogP contribution in [0.4, 0.5) is 0 Å². The molecule has 0 radical (unpaired) electrons. The Morgan fingerprint density at radius 1 is 0.838 bits per heavy atom. The van der Waals surface area contributed by atoms with Crippen LogP contribution in [0.25, 0.3) is 44.3 Å². The second-order valence-corrected chi connectivity index (χ2v) is 9.04. The van der Waals surface area contributed by atoms with Crippen molar-refractivity contribution in [1.82, 2.24) is 19.1 Å². The van der Waals surface area contributed by atoms with Crippen LogP contribution < -0.4 is 9.47 Å². The van der Waals surface area contributed by atoms with E-state index >= 15 is 0 Å². The van der Waals surface area contributed by atoms with Gasteiger partial charge in [0.2, 0.25) is 0 Å². The van der Waals surface area contributed by atoms with Gasteiger partial charge in [0.05, 0.1) is 43.7 Å². The predicted octanol–water partition coefficient (Wildman–Crippen LogP) is 6.14. The lowest BCUT2D eigenvalue weighted by atomic mass is 10.0. The Kier molecular flexibility index (Phi) is 5.46. The van der Waals surface area contributed by atoms with Crippen molar-refractivity contribution < 1.29 is 9.47 Å². The van der Waals surface area contributed by atoms with Crippen LogP contribution in [-0.2, 0) is 14.1 Å². The van der Waals surface area contributed by atoms with Crippen molar-refractivity contribution >= 4 is 21.8 Å². The normalized spacial score (nSPS) is 11.0. The number of rotatable bonds is 4. The maximum atomic E-state index is 5.45. The summed E-state index contributed by atoms with van der Waals surface area (Å²) in [5.74, 6) is 8.25. The van der Waals surface area contributed by atoms with E-state index in [1.807, 2.05) is 48.5 Å². The van der Waals surface area contributed by atoms with Gasteiger partial charge in [-0.25, -0.2) is 4.98 Å². The molecular formula is C31H26N4O2. The number of nitrogens with zero attached hydrogens (tertiary/aromatic N) is 3. The zero-order valence-corrected chi connectivity index (χ0v) is 21.2. The summed E-state index contributed by atoms with van der Waals surface area (Å²) in [7, 11) is 7.36. The standard InChI is InChI=1S/C31H26N4O2/c1-34-19-32-18-30(34)31-26(9-5-20-13-24(36-3)17-25(14-20)37-4)27-15-22(8-10-29(27)35(31)2)23-7-6-21-11-12-33-28(21)16-23/h6-8,10-19,33H,1-4H3. The minimum Gasteiger partial charge on any atom is -0.497 e. The van der Waals surface area contributed by atoms with Crippen LogP contribution in [0.2, 0.25) is 0 Å². The lowest BCUT2D eigenvalue weighted by molar-refractivity contribution is 0.394. The molecule has 0 aliphatic heterocycles. The number of aromatic nitrogens is 4. The second-order valence-electron chi connectivity index (χ2n) is 9.04. The van der Waals surface area contributed by atoms with Crippen LogP contribution in [-0.4, -0.2) is 33.3 Å². The number of hydrogen-bond acceptors (Lipinski definition) is 3. The Morgan fingerprint density at radius 2 is 1.59 bits per heavy atom. The summed E-state index contributed by atoms with van der Waals surface area (Å²) in [6, 6.07) is 20.8. The fourth-order valence-corrected chi connectivity index (χ4v) is 4.88. The molecule has 6 nitrogen and oxygen atoms in total. The molecule has 3 aromatic carbocycles. The number of aryl methyl sites for hydroxylation is 2. The quantitative estimate of drug-likeness (QED) is 0.304. The molecular weight excluding hydrogens is 460 g/mol. The van der Waals surface area contributed by atoms with Gasteiger partial charge >= 0.3 is 0 Å². The van der Waals surface area contributed by atoms with Crippen molar-refractivity contribution in [2.75, 3.05) is 14.2 Å². The number of ether oxygens (including phenoxy) is 2. The highest BCUT2D eigenvalue weighted by Gasteiger charge is 2.19. The van der Waals surface area contributed by atoms with Crippen molar-refractivity contribution in [1.29, 1.82) is 0 Å². The molecule has 182 valence electrons. The smallest absolute Gasteiger partial charge is 0.123 e. The number of aromatic amines is 1. The van der Waals surface area contributed by atoms with Gasteiger partial charge in [-0.2, -0.15) is 0 Å². The molecule has 0 amide bonds. The lowest BCUT2D eigenvalue weighted by Crippen LogP contribution is -1.97. The minimum absolute atomic E-state index is 0.704. The van der Waals surface area contributed by atoms with Crippen molar-refractivity contribution in [3.63, 3.8) is 0 Å². The van der Waals surface area contributed by atoms with Gasteiger partial charge in [0.15, 0.2) is 0 Å². The van der Waals surface area contributed by atoms with Gasteiger partial charge in [0.25, 0.3) is 0 Å². The molecule has 3 heterocycles. The average Bonchev–Trinajstić information content (AvgIpc) is 3.64. The first-order valence-corrected chi connectivity index (χ1v) is 12.0. The third kappa shape index (κ3) is 3.91. The molecule has 37 heavy (non-hydrogen) atoms. The van der Waals surface area contributed by atoms with E-state index in [9.17, 15) is 0 Å².